The van der Waals surface area contributed by atoms with Crippen molar-refractivity contribution in [2.75, 3.05) is 5.01 Å². The second-order valence-corrected chi connectivity index (χ2v) is 7.47. The summed E-state index contributed by atoms with van der Waals surface area (Å²) < 4.78 is 5.72. The minimum absolute atomic E-state index is 0.0398. The van der Waals surface area contributed by atoms with Crippen LogP contribution in [0, 0.1) is 5.92 Å². The van der Waals surface area contributed by atoms with Crippen molar-refractivity contribution in [3.63, 3.8) is 0 Å². The van der Waals surface area contributed by atoms with Crippen LogP contribution in [0.3, 0.4) is 0 Å². The molecule has 1 amide bonds. The smallest absolute Gasteiger partial charge is 0.255 e. The van der Waals surface area contributed by atoms with Crippen molar-refractivity contribution in [2.24, 2.45) is 16.0 Å². The Balaban J connectivity index is 1.91. The summed E-state index contributed by atoms with van der Waals surface area (Å²) in [4.78, 5) is 39.9. The molecule has 7 nitrogen and oxygen atoms in total. The van der Waals surface area contributed by atoms with Crippen LogP contribution in [0.1, 0.15) is 33.6 Å². The van der Waals surface area contributed by atoms with Gasteiger partial charge < -0.3 is 4.74 Å². The molecule has 2 aliphatic heterocycles. The Labute approximate surface area is 171 Å². The summed E-state index contributed by atoms with van der Waals surface area (Å²) in [5, 5.41) is 5.37. The number of rotatable bonds is 4. The van der Waals surface area contributed by atoms with E-state index in [4.69, 9.17) is 27.9 Å². The minimum Gasteiger partial charge on any atom is -0.436 e. The van der Waals surface area contributed by atoms with E-state index in [0.717, 1.165) is 5.01 Å². The van der Waals surface area contributed by atoms with Crippen molar-refractivity contribution in [1.82, 2.24) is 0 Å². The van der Waals surface area contributed by atoms with Gasteiger partial charge in [-0.25, -0.2) is 4.99 Å². The summed E-state index contributed by atoms with van der Waals surface area (Å²) in [5.41, 5.74) is 0.966. The highest BCUT2D eigenvalue weighted by Crippen LogP contribution is 2.39. The van der Waals surface area contributed by atoms with Gasteiger partial charge in [-0.05, 0) is 31.1 Å². The summed E-state index contributed by atoms with van der Waals surface area (Å²) in [6.45, 7) is 5.28. The first-order valence-corrected chi connectivity index (χ1v) is 9.33. The van der Waals surface area contributed by atoms with Gasteiger partial charge in [0.25, 0.3) is 5.91 Å². The zero-order valence-corrected chi connectivity index (χ0v) is 17.0. The van der Waals surface area contributed by atoms with Crippen LogP contribution in [0.2, 0.25) is 10.0 Å². The molecule has 3 rings (SSSR count). The second kappa shape index (κ2) is 7.85. The molecular formula is C19H17Cl2N3O4. The summed E-state index contributed by atoms with van der Waals surface area (Å²) in [6, 6.07) is 2.93. The van der Waals surface area contributed by atoms with Crippen molar-refractivity contribution in [3.8, 4) is 5.75 Å². The zero-order valence-electron chi connectivity index (χ0n) is 15.5. The van der Waals surface area contributed by atoms with E-state index >= 15 is 0 Å². The first-order valence-electron chi connectivity index (χ1n) is 8.57. The van der Waals surface area contributed by atoms with Gasteiger partial charge in [-0.1, -0.05) is 37.0 Å². The Kier molecular flexibility index (Phi) is 5.67. The van der Waals surface area contributed by atoms with Crippen molar-refractivity contribution in [3.05, 3.63) is 34.1 Å². The highest BCUT2D eigenvalue weighted by molar-refractivity contribution is 6.44. The van der Waals surface area contributed by atoms with Gasteiger partial charge in [0.15, 0.2) is 17.3 Å². The largest absolute Gasteiger partial charge is 0.436 e. The molecule has 2 aliphatic rings. The Morgan fingerprint density at radius 3 is 2.36 bits per heavy atom. The number of aliphatic imine (C=N–C) groups is 1. The lowest BCUT2D eigenvalue weighted by molar-refractivity contribution is -0.124. The molecule has 0 fully saturated rings. The predicted molar refractivity (Wildman–Crippen MR) is 107 cm³/mol. The number of hydrogen-bond donors (Lipinski definition) is 0. The number of carbonyl (C=O) groups is 3. The number of hydrazone groups is 1. The molecule has 0 N–H and O–H groups in total. The first-order chi connectivity index (χ1) is 13.2. The van der Waals surface area contributed by atoms with Crippen LogP contribution in [0.5, 0.6) is 5.75 Å². The average molecular weight is 422 g/mol. The van der Waals surface area contributed by atoms with E-state index < -0.39 is 5.91 Å². The molecule has 0 unspecified atom stereocenters. The summed E-state index contributed by atoms with van der Waals surface area (Å²) in [6.07, 6.45) is 1.47. The fraction of sp³-hybridized carbons (Fsp3) is 0.316. The molecule has 146 valence electrons. The SMILES string of the molecule is CC1=NN(c2cc(Cl)c(OC3=CCC(=O)C(C(C)C)=N3)c(Cl)c2)C(=O)CC1=O. The van der Waals surface area contributed by atoms with E-state index in [1.165, 1.54) is 19.1 Å². The van der Waals surface area contributed by atoms with Crippen molar-refractivity contribution in [2.45, 2.75) is 33.6 Å². The maximum absolute atomic E-state index is 12.1. The average Bonchev–Trinajstić information content (AvgIpc) is 2.62. The number of ketones is 2. The Morgan fingerprint density at radius 2 is 1.75 bits per heavy atom. The molecule has 0 atom stereocenters. The van der Waals surface area contributed by atoms with E-state index in [-0.39, 0.29) is 57.7 Å². The highest BCUT2D eigenvalue weighted by atomic mass is 35.5. The maximum Gasteiger partial charge on any atom is 0.255 e. The normalized spacial score (nSPS) is 17.6. The number of amides is 1. The Bertz CT molecular complexity index is 956. The van der Waals surface area contributed by atoms with Crippen molar-refractivity contribution in [1.29, 1.82) is 0 Å². The van der Waals surface area contributed by atoms with E-state index in [0.29, 0.717) is 11.4 Å². The lowest BCUT2D eigenvalue weighted by Crippen LogP contribution is -2.36. The number of halogens is 2. The van der Waals surface area contributed by atoms with Gasteiger partial charge in [0.1, 0.15) is 5.71 Å². The number of Topliss-reactive ketones (excluding diaryl/α,β-unsaturated/α-hetero) is 2. The predicted octanol–water partition coefficient (Wildman–Crippen LogP) is 3.97. The molecule has 1 aromatic carbocycles. The minimum atomic E-state index is -0.476. The molecule has 0 bridgehead atoms. The molecule has 28 heavy (non-hydrogen) atoms. The fourth-order valence-electron chi connectivity index (χ4n) is 2.70. The van der Waals surface area contributed by atoms with E-state index in [1.54, 1.807) is 6.08 Å². The molecule has 9 heteroatoms. The third-order valence-corrected chi connectivity index (χ3v) is 4.72. The monoisotopic (exact) mass is 421 g/mol. The second-order valence-electron chi connectivity index (χ2n) is 6.65. The molecule has 2 heterocycles. The van der Waals surface area contributed by atoms with E-state index in [1.807, 2.05) is 13.8 Å². The van der Waals surface area contributed by atoms with Crippen LogP contribution in [0.4, 0.5) is 5.69 Å². The molecule has 1 aromatic rings. The molecule has 0 aromatic heterocycles. The molecule has 0 spiro atoms. The van der Waals surface area contributed by atoms with Crippen LogP contribution < -0.4 is 9.75 Å². The highest BCUT2D eigenvalue weighted by Gasteiger charge is 2.28. The van der Waals surface area contributed by atoms with Gasteiger partial charge in [0.05, 0.1) is 27.9 Å². The molecule has 0 saturated carbocycles. The van der Waals surface area contributed by atoms with Crippen LogP contribution in [-0.2, 0) is 14.4 Å². The van der Waals surface area contributed by atoms with Crippen molar-refractivity contribution < 1.29 is 19.1 Å². The van der Waals surface area contributed by atoms with Gasteiger partial charge >= 0.3 is 0 Å². The van der Waals surface area contributed by atoms with Crippen LogP contribution in [0.25, 0.3) is 0 Å². The maximum atomic E-state index is 12.1. The molecular weight excluding hydrogens is 405 g/mol. The number of allylic oxidation sites excluding steroid dienone is 1. The Hall–Kier alpha value is -2.51. The third kappa shape index (κ3) is 4.00. The number of carbonyl (C=O) groups excluding carboxylic acids is 3. The van der Waals surface area contributed by atoms with Gasteiger partial charge in [-0.15, -0.1) is 0 Å². The third-order valence-electron chi connectivity index (χ3n) is 4.16. The lowest BCUT2D eigenvalue weighted by atomic mass is 10.0. The Morgan fingerprint density at radius 1 is 1.11 bits per heavy atom. The zero-order chi connectivity index (χ0) is 20.6. The number of anilines is 1. The molecule has 0 radical (unpaired) electrons. The van der Waals surface area contributed by atoms with Gasteiger partial charge in [0, 0.05) is 6.42 Å². The fourth-order valence-corrected chi connectivity index (χ4v) is 3.25. The first kappa shape index (κ1) is 20.2. The van der Waals surface area contributed by atoms with Gasteiger partial charge in [-0.3, -0.25) is 14.4 Å². The van der Waals surface area contributed by atoms with Crippen molar-refractivity contribution >= 4 is 57.8 Å². The number of ether oxygens (including phenoxy) is 1. The van der Waals surface area contributed by atoms with Gasteiger partial charge in [0.2, 0.25) is 5.88 Å². The summed E-state index contributed by atoms with van der Waals surface area (Å²) in [5.74, 6) is -0.510. The topological polar surface area (TPSA) is 88.4 Å². The number of hydrogen-bond acceptors (Lipinski definition) is 6. The van der Waals surface area contributed by atoms with Crippen LogP contribution in [-0.4, -0.2) is 28.9 Å². The van der Waals surface area contributed by atoms with Gasteiger partial charge in [-0.2, -0.15) is 10.1 Å². The standard InChI is InChI=1S/C19H17Cl2N3O4/c1-9(2)18-14(25)4-5-16(22-18)28-19-12(20)6-11(7-13(19)21)24-17(27)8-15(26)10(3)23-24/h5-7,9H,4,8H2,1-3H3. The quantitative estimate of drug-likeness (QED) is 0.687. The van der Waals surface area contributed by atoms with E-state index in [9.17, 15) is 14.4 Å². The summed E-state index contributed by atoms with van der Waals surface area (Å²) >= 11 is 12.6. The van der Waals surface area contributed by atoms with E-state index in [2.05, 4.69) is 10.1 Å². The van der Waals surface area contributed by atoms with Crippen LogP contribution >= 0.6 is 23.2 Å². The summed E-state index contributed by atoms with van der Waals surface area (Å²) in [7, 11) is 0. The number of nitrogens with zero attached hydrogens (tertiary/aromatic N) is 3. The molecule has 0 saturated heterocycles. The lowest BCUT2D eigenvalue weighted by Gasteiger charge is -2.23. The molecule has 0 aliphatic carbocycles. The van der Waals surface area contributed by atoms with Crippen LogP contribution in [0.15, 0.2) is 34.2 Å². The number of benzene rings is 1.